The zero-order chi connectivity index (χ0) is 24.2. The fourth-order valence-corrected chi connectivity index (χ4v) is 4.53. The predicted octanol–water partition coefficient (Wildman–Crippen LogP) is 3.89. The van der Waals surface area contributed by atoms with Crippen LogP contribution in [0.1, 0.15) is 42.1 Å². The van der Waals surface area contributed by atoms with Crippen molar-refractivity contribution >= 4 is 17.5 Å². The minimum atomic E-state index is -0.378. The Labute approximate surface area is 199 Å². The molecule has 0 bridgehead atoms. The van der Waals surface area contributed by atoms with E-state index >= 15 is 0 Å². The van der Waals surface area contributed by atoms with Gasteiger partial charge in [-0.3, -0.25) is 19.4 Å². The zero-order valence-corrected chi connectivity index (χ0v) is 19.7. The third kappa shape index (κ3) is 4.38. The third-order valence-electron chi connectivity index (χ3n) is 6.41. The molecule has 1 aromatic carbocycles. The molecule has 1 aliphatic heterocycles. The van der Waals surface area contributed by atoms with E-state index in [1.165, 1.54) is 14.2 Å². The van der Waals surface area contributed by atoms with Crippen molar-refractivity contribution in [1.82, 2.24) is 9.88 Å². The van der Waals surface area contributed by atoms with Crippen molar-refractivity contribution < 1.29 is 23.9 Å². The fraction of sp³-hybridized carbons (Fsp3) is 0.333. The first-order valence-electron chi connectivity index (χ1n) is 11.4. The molecular formula is C27H28N2O5. The fourth-order valence-electron chi connectivity index (χ4n) is 4.53. The Balaban J connectivity index is 1.74. The molecule has 4 rings (SSSR count). The standard InChI is InChI=1S/C27H28N2O5/c1-17-21(24(31)26(34-3)25(33-2)23(17)30)14-18-9-10-20(19-8-7-11-28-16-19)22(15-18)27(32)29-12-5-4-6-13-29/h7-11,15-16H,4-6,12-14H2,1-3H3. The molecule has 2 aliphatic rings. The van der Waals surface area contributed by atoms with E-state index in [2.05, 4.69) is 4.98 Å². The normalized spacial score (nSPS) is 16.7. The molecule has 0 saturated carbocycles. The van der Waals surface area contributed by atoms with Gasteiger partial charge in [0.1, 0.15) is 0 Å². The van der Waals surface area contributed by atoms with E-state index in [4.69, 9.17) is 9.47 Å². The molecule has 1 aliphatic carbocycles. The maximum atomic E-state index is 13.5. The zero-order valence-electron chi connectivity index (χ0n) is 19.7. The average molecular weight is 461 g/mol. The van der Waals surface area contributed by atoms with Crippen LogP contribution in [0, 0.1) is 0 Å². The molecule has 0 radical (unpaired) electrons. The maximum Gasteiger partial charge on any atom is 0.254 e. The molecule has 1 saturated heterocycles. The Kier molecular flexibility index (Phi) is 6.91. The van der Waals surface area contributed by atoms with Gasteiger partial charge < -0.3 is 14.4 Å². The van der Waals surface area contributed by atoms with Crippen molar-refractivity contribution in [3.05, 3.63) is 76.5 Å². The van der Waals surface area contributed by atoms with Crippen molar-refractivity contribution in [3.8, 4) is 11.1 Å². The summed E-state index contributed by atoms with van der Waals surface area (Å²) in [6.07, 6.45) is 6.74. The van der Waals surface area contributed by atoms with Crippen LogP contribution in [-0.4, -0.2) is 54.7 Å². The molecule has 7 heteroatoms. The maximum absolute atomic E-state index is 13.5. The lowest BCUT2D eigenvalue weighted by atomic mass is 9.87. The molecule has 34 heavy (non-hydrogen) atoms. The van der Waals surface area contributed by atoms with Crippen molar-refractivity contribution in [2.24, 2.45) is 0 Å². The van der Waals surface area contributed by atoms with Crippen LogP contribution in [0.5, 0.6) is 0 Å². The van der Waals surface area contributed by atoms with Gasteiger partial charge in [0.05, 0.1) is 14.2 Å². The van der Waals surface area contributed by atoms with Crippen molar-refractivity contribution in [2.45, 2.75) is 32.6 Å². The van der Waals surface area contributed by atoms with Gasteiger partial charge in [-0.2, -0.15) is 0 Å². The number of Topliss-reactive ketones (excluding diaryl/α,β-unsaturated/α-hetero) is 2. The number of carbonyl (C=O) groups excluding carboxylic acids is 3. The van der Waals surface area contributed by atoms with Gasteiger partial charge >= 0.3 is 0 Å². The monoisotopic (exact) mass is 460 g/mol. The molecule has 176 valence electrons. The SMILES string of the molecule is COC1=C(OC)C(=O)C(Cc2ccc(-c3cccnc3)c(C(=O)N3CCCCC3)c2)=C(C)C1=O. The molecule has 1 fully saturated rings. The van der Waals surface area contributed by atoms with Gasteiger partial charge in [0.15, 0.2) is 0 Å². The molecule has 0 atom stereocenters. The summed E-state index contributed by atoms with van der Waals surface area (Å²) in [7, 11) is 2.68. The number of ketones is 2. The summed E-state index contributed by atoms with van der Waals surface area (Å²) >= 11 is 0. The molecule has 1 aromatic heterocycles. The van der Waals surface area contributed by atoms with E-state index in [9.17, 15) is 14.4 Å². The number of nitrogens with zero attached hydrogens (tertiary/aromatic N) is 2. The minimum Gasteiger partial charge on any atom is -0.489 e. The van der Waals surface area contributed by atoms with Crippen molar-refractivity contribution in [1.29, 1.82) is 0 Å². The first-order chi connectivity index (χ1) is 16.5. The number of ether oxygens (including phenoxy) is 2. The largest absolute Gasteiger partial charge is 0.489 e. The molecule has 2 heterocycles. The van der Waals surface area contributed by atoms with Gasteiger partial charge in [-0.1, -0.05) is 18.2 Å². The van der Waals surface area contributed by atoms with Crippen LogP contribution >= 0.6 is 0 Å². The molecule has 1 amide bonds. The van der Waals surface area contributed by atoms with Gasteiger partial charge in [0.2, 0.25) is 23.1 Å². The van der Waals surface area contributed by atoms with Crippen LogP contribution in [0.4, 0.5) is 0 Å². The Morgan fingerprint density at radius 1 is 1.00 bits per heavy atom. The number of pyridine rings is 1. The lowest BCUT2D eigenvalue weighted by molar-refractivity contribution is -0.121. The van der Waals surface area contributed by atoms with Crippen LogP contribution in [0.3, 0.4) is 0 Å². The number of rotatable bonds is 6. The predicted molar refractivity (Wildman–Crippen MR) is 127 cm³/mol. The van der Waals surface area contributed by atoms with Gasteiger partial charge in [0, 0.05) is 54.2 Å². The van der Waals surface area contributed by atoms with Crippen LogP contribution < -0.4 is 0 Å². The van der Waals surface area contributed by atoms with Crippen molar-refractivity contribution in [2.75, 3.05) is 27.3 Å². The van der Waals surface area contributed by atoms with E-state index in [1.807, 2.05) is 35.2 Å². The molecular weight excluding hydrogens is 432 g/mol. The summed E-state index contributed by atoms with van der Waals surface area (Å²) in [6.45, 7) is 3.08. The van der Waals surface area contributed by atoms with Gasteiger partial charge in [-0.05, 0) is 49.4 Å². The van der Waals surface area contributed by atoms with E-state index in [0.717, 1.165) is 49.0 Å². The summed E-state index contributed by atoms with van der Waals surface area (Å²) in [4.78, 5) is 45.5. The van der Waals surface area contributed by atoms with Crippen LogP contribution in [0.15, 0.2) is 65.4 Å². The lowest BCUT2D eigenvalue weighted by Crippen LogP contribution is -2.36. The highest BCUT2D eigenvalue weighted by Crippen LogP contribution is 2.31. The Morgan fingerprint density at radius 2 is 1.71 bits per heavy atom. The smallest absolute Gasteiger partial charge is 0.254 e. The number of allylic oxidation sites excluding steroid dienone is 2. The molecule has 0 unspecified atom stereocenters. The van der Waals surface area contributed by atoms with Gasteiger partial charge in [-0.25, -0.2) is 0 Å². The van der Waals surface area contributed by atoms with Crippen LogP contribution in [0.2, 0.25) is 0 Å². The number of aromatic nitrogens is 1. The van der Waals surface area contributed by atoms with E-state index in [0.29, 0.717) is 16.7 Å². The Morgan fingerprint density at radius 3 is 2.35 bits per heavy atom. The van der Waals surface area contributed by atoms with E-state index in [-0.39, 0.29) is 35.4 Å². The second-order valence-corrected chi connectivity index (χ2v) is 8.48. The van der Waals surface area contributed by atoms with E-state index < -0.39 is 0 Å². The number of piperidine rings is 1. The highest BCUT2D eigenvalue weighted by atomic mass is 16.5. The Hall–Kier alpha value is -3.74. The summed E-state index contributed by atoms with van der Waals surface area (Å²) < 4.78 is 10.3. The van der Waals surface area contributed by atoms with Gasteiger partial charge in [-0.15, -0.1) is 0 Å². The number of hydrogen-bond donors (Lipinski definition) is 0. The second-order valence-electron chi connectivity index (χ2n) is 8.48. The summed E-state index contributed by atoms with van der Waals surface area (Å²) in [5.74, 6) is -0.954. The highest BCUT2D eigenvalue weighted by molar-refractivity contribution is 6.23. The number of methoxy groups -OCH3 is 2. The first-order valence-corrected chi connectivity index (χ1v) is 11.4. The summed E-state index contributed by atoms with van der Waals surface area (Å²) in [5.41, 5.74) is 3.64. The summed E-state index contributed by atoms with van der Waals surface area (Å²) in [5, 5.41) is 0. The number of benzene rings is 1. The van der Waals surface area contributed by atoms with Crippen molar-refractivity contribution in [3.63, 3.8) is 0 Å². The van der Waals surface area contributed by atoms with Crippen LogP contribution in [-0.2, 0) is 25.5 Å². The van der Waals surface area contributed by atoms with E-state index in [1.54, 1.807) is 19.3 Å². The first kappa shape index (κ1) is 23.4. The van der Waals surface area contributed by atoms with Gasteiger partial charge in [0.25, 0.3) is 5.91 Å². The molecule has 7 nitrogen and oxygen atoms in total. The lowest BCUT2D eigenvalue weighted by Gasteiger charge is -2.28. The summed E-state index contributed by atoms with van der Waals surface area (Å²) in [6, 6.07) is 9.37. The number of carbonyl (C=O) groups is 3. The number of amides is 1. The number of likely N-dealkylation sites (tertiary alicyclic amines) is 1. The highest BCUT2D eigenvalue weighted by Gasteiger charge is 2.34. The third-order valence-corrected chi connectivity index (χ3v) is 6.41. The number of hydrogen-bond acceptors (Lipinski definition) is 6. The topological polar surface area (TPSA) is 85.8 Å². The molecule has 0 N–H and O–H groups in total. The average Bonchev–Trinajstić information content (AvgIpc) is 2.89. The second kappa shape index (κ2) is 10.0. The molecule has 0 spiro atoms. The quantitative estimate of drug-likeness (QED) is 0.608. The molecule has 2 aromatic rings. The van der Waals surface area contributed by atoms with Crippen LogP contribution in [0.25, 0.3) is 11.1 Å². The Bertz CT molecular complexity index is 1190. The minimum absolute atomic E-state index is 0.0312.